The lowest BCUT2D eigenvalue weighted by molar-refractivity contribution is -0.384. The Kier molecular flexibility index (Phi) is 8.04. The number of nitrogens with one attached hydrogen (secondary N) is 1. The molecule has 192 valence electrons. The fourth-order valence-electron chi connectivity index (χ4n) is 4.80. The number of amides is 1. The molecule has 1 N–H and O–H groups in total. The van der Waals surface area contributed by atoms with E-state index in [4.69, 9.17) is 4.74 Å². The molecule has 0 atom stereocenters. The predicted molar refractivity (Wildman–Crippen MR) is 139 cm³/mol. The van der Waals surface area contributed by atoms with E-state index in [0.29, 0.717) is 16.9 Å². The van der Waals surface area contributed by atoms with Gasteiger partial charge in [-0.3, -0.25) is 14.9 Å². The second-order valence-electron chi connectivity index (χ2n) is 8.98. The Hall–Kier alpha value is -3.66. The number of nitrogens with zero attached hydrogens (tertiary/aromatic N) is 4. The summed E-state index contributed by atoms with van der Waals surface area (Å²) >= 11 is 0. The summed E-state index contributed by atoms with van der Waals surface area (Å²) in [5.74, 6) is -0.918. The van der Waals surface area contributed by atoms with Crippen LogP contribution in [0.1, 0.15) is 47.4 Å². The molecule has 2 aromatic carbocycles. The van der Waals surface area contributed by atoms with Crippen molar-refractivity contribution in [1.29, 1.82) is 0 Å². The van der Waals surface area contributed by atoms with E-state index >= 15 is 0 Å². The van der Waals surface area contributed by atoms with Crippen LogP contribution >= 0.6 is 0 Å². The second kappa shape index (κ2) is 11.4. The van der Waals surface area contributed by atoms with E-state index in [2.05, 4.69) is 26.9 Å². The lowest BCUT2D eigenvalue weighted by Crippen LogP contribution is -2.46. The summed E-state index contributed by atoms with van der Waals surface area (Å²) in [4.78, 5) is 43.6. The van der Waals surface area contributed by atoms with Crippen molar-refractivity contribution < 1.29 is 19.2 Å². The van der Waals surface area contributed by atoms with E-state index < -0.39 is 16.8 Å². The number of piperazine rings is 1. The molecule has 10 nitrogen and oxygen atoms in total. The molecule has 36 heavy (non-hydrogen) atoms. The van der Waals surface area contributed by atoms with E-state index in [1.807, 2.05) is 6.07 Å². The first kappa shape index (κ1) is 25.4. The van der Waals surface area contributed by atoms with Crippen LogP contribution in [0.25, 0.3) is 0 Å². The van der Waals surface area contributed by atoms with Gasteiger partial charge >= 0.3 is 5.97 Å². The maximum atomic E-state index is 13.6. The number of nitro groups is 1. The number of rotatable bonds is 8. The number of hydrogen-bond acceptors (Lipinski definition) is 8. The number of hydrogen-bond donors (Lipinski definition) is 1. The van der Waals surface area contributed by atoms with Gasteiger partial charge in [0.1, 0.15) is 0 Å². The molecule has 10 heteroatoms. The maximum Gasteiger partial charge on any atom is 0.338 e. The first-order chi connectivity index (χ1) is 17.4. The predicted octanol–water partition coefficient (Wildman–Crippen LogP) is 3.77. The molecule has 0 unspecified atom stereocenters. The summed E-state index contributed by atoms with van der Waals surface area (Å²) in [7, 11) is 0. The molecule has 2 aromatic rings. The topological polar surface area (TPSA) is 108 Å². The van der Waals surface area contributed by atoms with Crippen molar-refractivity contribution in [2.75, 3.05) is 67.5 Å². The van der Waals surface area contributed by atoms with Crippen LogP contribution in [-0.2, 0) is 4.74 Å². The lowest BCUT2D eigenvalue weighted by Gasteiger charge is -2.36. The van der Waals surface area contributed by atoms with Crippen molar-refractivity contribution in [2.45, 2.75) is 26.7 Å². The quantitative estimate of drug-likeness (QED) is 0.335. The van der Waals surface area contributed by atoms with Gasteiger partial charge in [-0.15, -0.1) is 0 Å². The van der Waals surface area contributed by atoms with Gasteiger partial charge in [-0.1, -0.05) is 6.92 Å². The van der Waals surface area contributed by atoms with Crippen LogP contribution in [0.2, 0.25) is 0 Å². The normalized spacial score (nSPS) is 16.2. The third-order valence-corrected chi connectivity index (χ3v) is 6.80. The number of likely N-dealkylation sites (N-methyl/N-ethyl adjacent to an activating group) is 1. The van der Waals surface area contributed by atoms with E-state index in [0.717, 1.165) is 64.3 Å². The fourth-order valence-corrected chi connectivity index (χ4v) is 4.80. The van der Waals surface area contributed by atoms with Crippen LogP contribution in [0.3, 0.4) is 0 Å². The fraction of sp³-hybridized carbons (Fsp3) is 0.462. The Morgan fingerprint density at radius 3 is 2.25 bits per heavy atom. The smallest absolute Gasteiger partial charge is 0.338 e. The molecular formula is C26H33N5O5. The van der Waals surface area contributed by atoms with Crippen molar-refractivity contribution in [3.63, 3.8) is 0 Å². The summed E-state index contributed by atoms with van der Waals surface area (Å²) in [6.07, 6.45) is 2.01. The van der Waals surface area contributed by atoms with Gasteiger partial charge in [-0.25, -0.2) is 4.79 Å². The van der Waals surface area contributed by atoms with E-state index in [9.17, 15) is 19.7 Å². The van der Waals surface area contributed by atoms with Crippen molar-refractivity contribution >= 4 is 34.6 Å². The Labute approximate surface area is 211 Å². The first-order valence-corrected chi connectivity index (χ1v) is 12.5. The third-order valence-electron chi connectivity index (χ3n) is 6.80. The number of non-ortho nitro benzene ring substituents is 1. The van der Waals surface area contributed by atoms with Crippen LogP contribution in [0.4, 0.5) is 22.7 Å². The summed E-state index contributed by atoms with van der Waals surface area (Å²) in [6, 6.07) is 9.58. The zero-order valence-corrected chi connectivity index (χ0v) is 20.9. The molecule has 2 saturated heterocycles. The Morgan fingerprint density at radius 2 is 1.61 bits per heavy atom. The van der Waals surface area contributed by atoms with Gasteiger partial charge in [0.25, 0.3) is 11.6 Å². The molecule has 2 heterocycles. The number of benzene rings is 2. The molecule has 0 spiro atoms. The minimum Gasteiger partial charge on any atom is -0.462 e. The van der Waals surface area contributed by atoms with Crippen LogP contribution < -0.4 is 15.1 Å². The molecule has 0 aromatic heterocycles. The Balaban J connectivity index is 1.69. The molecule has 0 aliphatic carbocycles. The largest absolute Gasteiger partial charge is 0.462 e. The van der Waals surface area contributed by atoms with E-state index in [-0.39, 0.29) is 17.9 Å². The van der Waals surface area contributed by atoms with Crippen LogP contribution in [0, 0.1) is 10.1 Å². The molecule has 2 aliphatic heterocycles. The summed E-state index contributed by atoms with van der Waals surface area (Å²) < 4.78 is 5.16. The third kappa shape index (κ3) is 5.59. The SMILES string of the molecule is CCOC(=O)c1ccc(N2CCN(CC)CC2)c(NC(=O)c2cc([N+](=O)[O-])ccc2N2CCCC2)c1. The Morgan fingerprint density at radius 1 is 0.944 bits per heavy atom. The minimum atomic E-state index is -0.495. The zero-order valence-electron chi connectivity index (χ0n) is 20.9. The summed E-state index contributed by atoms with van der Waals surface area (Å²) in [5.41, 5.74) is 2.40. The summed E-state index contributed by atoms with van der Waals surface area (Å²) in [5, 5.41) is 14.4. The lowest BCUT2D eigenvalue weighted by atomic mass is 10.1. The Bertz CT molecular complexity index is 1120. The van der Waals surface area contributed by atoms with E-state index in [1.54, 1.807) is 25.1 Å². The van der Waals surface area contributed by atoms with Crippen molar-refractivity contribution in [3.05, 3.63) is 57.6 Å². The van der Waals surface area contributed by atoms with Crippen molar-refractivity contribution in [1.82, 2.24) is 4.90 Å². The maximum absolute atomic E-state index is 13.6. The highest BCUT2D eigenvalue weighted by Gasteiger charge is 2.25. The molecule has 0 radical (unpaired) electrons. The number of carbonyl (C=O) groups is 2. The van der Waals surface area contributed by atoms with Crippen LogP contribution in [0.15, 0.2) is 36.4 Å². The highest BCUT2D eigenvalue weighted by molar-refractivity contribution is 6.10. The van der Waals surface area contributed by atoms with Crippen LogP contribution in [0.5, 0.6) is 0 Å². The highest BCUT2D eigenvalue weighted by atomic mass is 16.6. The van der Waals surface area contributed by atoms with E-state index in [1.165, 1.54) is 12.1 Å². The van der Waals surface area contributed by atoms with Gasteiger partial charge in [0.2, 0.25) is 0 Å². The molecule has 2 aliphatic rings. The minimum absolute atomic E-state index is 0.140. The van der Waals surface area contributed by atoms with Gasteiger partial charge < -0.3 is 24.8 Å². The molecule has 4 rings (SSSR count). The monoisotopic (exact) mass is 495 g/mol. The van der Waals surface area contributed by atoms with Gasteiger partial charge in [-0.05, 0) is 50.6 Å². The van der Waals surface area contributed by atoms with Crippen LogP contribution in [-0.4, -0.2) is 74.1 Å². The van der Waals surface area contributed by atoms with Gasteiger partial charge in [0, 0.05) is 51.4 Å². The number of carbonyl (C=O) groups excluding carboxylic acids is 2. The van der Waals surface area contributed by atoms with Gasteiger partial charge in [0.05, 0.1) is 39.7 Å². The highest BCUT2D eigenvalue weighted by Crippen LogP contribution is 2.32. The van der Waals surface area contributed by atoms with Gasteiger partial charge in [0.15, 0.2) is 0 Å². The molecular weight excluding hydrogens is 462 g/mol. The molecule has 0 bridgehead atoms. The number of ether oxygens (including phenoxy) is 1. The number of anilines is 3. The average molecular weight is 496 g/mol. The van der Waals surface area contributed by atoms with Gasteiger partial charge in [-0.2, -0.15) is 0 Å². The average Bonchev–Trinajstić information content (AvgIpc) is 3.43. The number of esters is 1. The molecule has 0 saturated carbocycles. The first-order valence-electron chi connectivity index (χ1n) is 12.5. The second-order valence-corrected chi connectivity index (χ2v) is 8.98. The van der Waals surface area contributed by atoms with Crippen molar-refractivity contribution in [3.8, 4) is 0 Å². The number of nitro benzene ring substituents is 1. The summed E-state index contributed by atoms with van der Waals surface area (Å²) in [6.45, 7) is 10.0. The standard InChI is InChI=1S/C26H33N5O5/c1-3-28-13-15-30(16-14-28)24-9-7-19(26(33)36-4-2)17-22(24)27-25(32)21-18-20(31(34)35)8-10-23(21)29-11-5-6-12-29/h7-10,17-18H,3-6,11-16H2,1-2H3,(H,27,32). The molecule has 2 fully saturated rings. The zero-order chi connectivity index (χ0) is 25.7. The van der Waals surface area contributed by atoms with Crippen molar-refractivity contribution in [2.24, 2.45) is 0 Å². The molecule has 1 amide bonds.